The van der Waals surface area contributed by atoms with Gasteiger partial charge in [-0.3, -0.25) is 4.90 Å². The van der Waals surface area contributed by atoms with Crippen LogP contribution in [-0.2, 0) is 0 Å². The Bertz CT molecular complexity index is 305. The summed E-state index contributed by atoms with van der Waals surface area (Å²) < 4.78 is 0. The molecule has 0 aromatic heterocycles. The van der Waals surface area contributed by atoms with E-state index >= 15 is 0 Å². The molecule has 116 valence electrons. The Balaban J connectivity index is 1.70. The standard InChI is InChI=1S/C18H34N2/c1-12(2)9-16-11-20(17(10-19-16)13(3)4)18(14-5-6-14)15-7-8-15/h12-19H,5-11H2,1-4H3. The molecule has 20 heavy (non-hydrogen) atoms. The highest BCUT2D eigenvalue weighted by molar-refractivity contribution is 5.02. The zero-order valence-corrected chi connectivity index (χ0v) is 13.9. The van der Waals surface area contributed by atoms with E-state index in [-0.39, 0.29) is 0 Å². The fourth-order valence-electron chi connectivity index (χ4n) is 4.35. The Morgan fingerprint density at radius 1 is 1.00 bits per heavy atom. The Morgan fingerprint density at radius 2 is 1.60 bits per heavy atom. The van der Waals surface area contributed by atoms with Crippen molar-refractivity contribution >= 4 is 0 Å². The van der Waals surface area contributed by atoms with Crippen LogP contribution < -0.4 is 5.32 Å². The summed E-state index contributed by atoms with van der Waals surface area (Å²) in [6.07, 6.45) is 7.36. The summed E-state index contributed by atoms with van der Waals surface area (Å²) in [5, 5.41) is 3.84. The first kappa shape index (κ1) is 14.8. The maximum Gasteiger partial charge on any atom is 0.0247 e. The largest absolute Gasteiger partial charge is 0.311 e. The fourth-order valence-corrected chi connectivity index (χ4v) is 4.35. The van der Waals surface area contributed by atoms with Crippen molar-refractivity contribution in [1.29, 1.82) is 0 Å². The first-order chi connectivity index (χ1) is 9.56. The molecule has 3 aliphatic rings. The second kappa shape index (κ2) is 5.96. The number of hydrogen-bond donors (Lipinski definition) is 1. The monoisotopic (exact) mass is 278 g/mol. The number of rotatable bonds is 6. The minimum atomic E-state index is 0.727. The van der Waals surface area contributed by atoms with Gasteiger partial charge in [0.2, 0.25) is 0 Å². The SMILES string of the molecule is CC(C)CC1CN(C(C2CC2)C2CC2)C(C(C)C)CN1. The molecule has 1 saturated heterocycles. The Morgan fingerprint density at radius 3 is 2.05 bits per heavy atom. The van der Waals surface area contributed by atoms with Gasteiger partial charge in [0.05, 0.1) is 0 Å². The summed E-state index contributed by atoms with van der Waals surface area (Å²) in [7, 11) is 0. The highest BCUT2D eigenvalue weighted by Gasteiger charge is 2.48. The molecule has 1 N–H and O–H groups in total. The molecule has 0 spiro atoms. The lowest BCUT2D eigenvalue weighted by Gasteiger charge is -2.47. The van der Waals surface area contributed by atoms with E-state index in [1.54, 1.807) is 0 Å². The van der Waals surface area contributed by atoms with Crippen LogP contribution in [0.5, 0.6) is 0 Å². The van der Waals surface area contributed by atoms with Crippen molar-refractivity contribution in [1.82, 2.24) is 10.2 Å². The molecule has 0 radical (unpaired) electrons. The molecule has 0 aromatic rings. The van der Waals surface area contributed by atoms with Crippen LogP contribution in [0.2, 0.25) is 0 Å². The molecule has 2 atom stereocenters. The van der Waals surface area contributed by atoms with E-state index in [9.17, 15) is 0 Å². The molecule has 2 saturated carbocycles. The zero-order chi connectivity index (χ0) is 14.3. The molecule has 3 rings (SSSR count). The summed E-state index contributed by atoms with van der Waals surface area (Å²) in [4.78, 5) is 2.96. The van der Waals surface area contributed by atoms with E-state index in [2.05, 4.69) is 37.9 Å². The van der Waals surface area contributed by atoms with Crippen LogP contribution in [0.15, 0.2) is 0 Å². The normalized spacial score (nSPS) is 32.5. The van der Waals surface area contributed by atoms with Gasteiger partial charge >= 0.3 is 0 Å². The molecule has 0 bridgehead atoms. The van der Waals surface area contributed by atoms with Crippen LogP contribution in [0.1, 0.15) is 59.8 Å². The maximum absolute atomic E-state index is 3.84. The van der Waals surface area contributed by atoms with Gasteiger partial charge in [0.25, 0.3) is 0 Å². The quantitative estimate of drug-likeness (QED) is 0.800. The topological polar surface area (TPSA) is 15.3 Å². The molecular formula is C18H34N2. The molecule has 0 amide bonds. The lowest BCUT2D eigenvalue weighted by Crippen LogP contribution is -2.62. The van der Waals surface area contributed by atoms with Crippen LogP contribution in [0.25, 0.3) is 0 Å². The predicted octanol–water partition coefficient (Wildman–Crippen LogP) is 3.52. The first-order valence-corrected chi connectivity index (χ1v) is 9.05. The highest BCUT2D eigenvalue weighted by atomic mass is 15.3. The summed E-state index contributed by atoms with van der Waals surface area (Å²) in [5.41, 5.74) is 0. The van der Waals surface area contributed by atoms with Gasteiger partial charge in [-0.15, -0.1) is 0 Å². The average molecular weight is 278 g/mol. The van der Waals surface area contributed by atoms with Crippen molar-refractivity contribution in [3.05, 3.63) is 0 Å². The number of hydrogen-bond acceptors (Lipinski definition) is 2. The number of nitrogens with zero attached hydrogens (tertiary/aromatic N) is 1. The third-order valence-electron chi connectivity index (χ3n) is 5.59. The number of piperazine rings is 1. The van der Waals surface area contributed by atoms with Crippen molar-refractivity contribution in [3.8, 4) is 0 Å². The van der Waals surface area contributed by atoms with Gasteiger partial charge in [0.15, 0.2) is 0 Å². The van der Waals surface area contributed by atoms with Gasteiger partial charge in [-0.25, -0.2) is 0 Å². The van der Waals surface area contributed by atoms with Crippen molar-refractivity contribution < 1.29 is 0 Å². The van der Waals surface area contributed by atoms with Gasteiger partial charge in [-0.05, 0) is 55.8 Å². The highest BCUT2D eigenvalue weighted by Crippen LogP contribution is 2.48. The predicted molar refractivity (Wildman–Crippen MR) is 85.8 cm³/mol. The van der Waals surface area contributed by atoms with Gasteiger partial charge in [-0.2, -0.15) is 0 Å². The van der Waals surface area contributed by atoms with Crippen molar-refractivity contribution in [2.24, 2.45) is 23.7 Å². The van der Waals surface area contributed by atoms with Crippen molar-refractivity contribution in [2.75, 3.05) is 13.1 Å². The summed E-state index contributed by atoms with van der Waals surface area (Å²) in [6.45, 7) is 12.1. The number of nitrogens with one attached hydrogen (secondary N) is 1. The summed E-state index contributed by atoms with van der Waals surface area (Å²) >= 11 is 0. The lowest BCUT2D eigenvalue weighted by molar-refractivity contribution is 0.0323. The second-order valence-corrected chi connectivity index (χ2v) is 8.41. The molecule has 2 heteroatoms. The molecule has 2 unspecified atom stereocenters. The van der Waals surface area contributed by atoms with Crippen molar-refractivity contribution in [2.45, 2.75) is 77.9 Å². The van der Waals surface area contributed by atoms with E-state index in [0.29, 0.717) is 0 Å². The van der Waals surface area contributed by atoms with Crippen LogP contribution in [0.4, 0.5) is 0 Å². The molecule has 3 fully saturated rings. The van der Waals surface area contributed by atoms with Crippen LogP contribution in [0.3, 0.4) is 0 Å². The summed E-state index contributed by atoms with van der Waals surface area (Å²) in [5.74, 6) is 3.68. The van der Waals surface area contributed by atoms with Gasteiger partial charge < -0.3 is 5.32 Å². The Kier molecular flexibility index (Phi) is 4.42. The lowest BCUT2D eigenvalue weighted by atomic mass is 9.91. The first-order valence-electron chi connectivity index (χ1n) is 9.05. The van der Waals surface area contributed by atoms with Gasteiger partial charge in [-0.1, -0.05) is 27.7 Å². The third kappa shape index (κ3) is 3.39. The smallest absolute Gasteiger partial charge is 0.0247 e. The van der Waals surface area contributed by atoms with Crippen LogP contribution >= 0.6 is 0 Å². The van der Waals surface area contributed by atoms with E-state index in [1.807, 2.05) is 0 Å². The van der Waals surface area contributed by atoms with E-state index in [4.69, 9.17) is 0 Å². The zero-order valence-electron chi connectivity index (χ0n) is 13.9. The molecule has 2 nitrogen and oxygen atoms in total. The van der Waals surface area contributed by atoms with Crippen LogP contribution in [0, 0.1) is 23.7 Å². The molecule has 2 aliphatic carbocycles. The van der Waals surface area contributed by atoms with Crippen molar-refractivity contribution in [3.63, 3.8) is 0 Å². The average Bonchev–Trinajstić information content (AvgIpc) is 3.23. The maximum atomic E-state index is 3.84. The van der Waals surface area contributed by atoms with Gasteiger partial charge in [0.1, 0.15) is 0 Å². The molecule has 1 heterocycles. The summed E-state index contributed by atoms with van der Waals surface area (Å²) in [6, 6.07) is 2.42. The molecular weight excluding hydrogens is 244 g/mol. The minimum Gasteiger partial charge on any atom is -0.311 e. The van der Waals surface area contributed by atoms with E-state index in [0.717, 1.165) is 41.8 Å². The molecule has 1 aliphatic heterocycles. The van der Waals surface area contributed by atoms with E-state index < -0.39 is 0 Å². The Hall–Kier alpha value is -0.0800. The minimum absolute atomic E-state index is 0.727. The molecule has 0 aromatic carbocycles. The Labute approximate surface area is 125 Å². The second-order valence-electron chi connectivity index (χ2n) is 8.41. The van der Waals surface area contributed by atoms with Gasteiger partial charge in [0, 0.05) is 31.2 Å². The fraction of sp³-hybridized carbons (Fsp3) is 1.00. The van der Waals surface area contributed by atoms with E-state index in [1.165, 1.54) is 45.2 Å². The van der Waals surface area contributed by atoms with Crippen LogP contribution in [-0.4, -0.2) is 36.1 Å². The third-order valence-corrected chi connectivity index (χ3v) is 5.59.